The summed E-state index contributed by atoms with van der Waals surface area (Å²) in [4.78, 5) is 6.93. The van der Waals surface area contributed by atoms with Crippen LogP contribution in [0.2, 0.25) is 0 Å². The maximum atomic E-state index is 4.35. The summed E-state index contributed by atoms with van der Waals surface area (Å²) in [5, 5.41) is 15.3. The van der Waals surface area contributed by atoms with Gasteiger partial charge in [0, 0.05) is 38.3 Å². The number of aromatic nitrogens is 3. The molecule has 0 aromatic carbocycles. The molecule has 0 aliphatic carbocycles. The number of aliphatic imine (C=N–C) groups is 1. The summed E-state index contributed by atoms with van der Waals surface area (Å²) < 4.78 is 2.03. The van der Waals surface area contributed by atoms with E-state index in [2.05, 4.69) is 44.6 Å². The predicted octanol–water partition coefficient (Wildman–Crippen LogP) is 1.70. The number of hydrogen-bond donors (Lipinski definition) is 2. The Morgan fingerprint density at radius 2 is 1.96 bits per heavy atom. The fraction of sp³-hybridized carbons (Fsp3) is 0.632. The quantitative estimate of drug-likeness (QED) is 0.608. The van der Waals surface area contributed by atoms with E-state index < -0.39 is 0 Å². The third-order valence-corrected chi connectivity index (χ3v) is 5.15. The number of guanidine groups is 1. The highest BCUT2D eigenvalue weighted by Crippen LogP contribution is 2.19. The van der Waals surface area contributed by atoms with Crippen molar-refractivity contribution in [3.8, 4) is 0 Å². The van der Waals surface area contributed by atoms with Gasteiger partial charge >= 0.3 is 0 Å². The molecule has 1 saturated heterocycles. The van der Waals surface area contributed by atoms with E-state index in [1.54, 1.807) is 0 Å². The first-order valence-electron chi connectivity index (χ1n) is 9.58. The molecule has 1 aliphatic heterocycles. The van der Waals surface area contributed by atoms with Crippen LogP contribution in [0.4, 0.5) is 0 Å². The largest absolute Gasteiger partial charge is 0.356 e. The van der Waals surface area contributed by atoms with Gasteiger partial charge < -0.3 is 10.6 Å². The fourth-order valence-electron chi connectivity index (χ4n) is 3.49. The maximum Gasteiger partial charge on any atom is 0.191 e. The van der Waals surface area contributed by atoms with Crippen LogP contribution in [0, 0.1) is 0 Å². The Labute approximate surface area is 155 Å². The topological polar surface area (TPSA) is 69.8 Å². The monoisotopic (exact) mass is 357 g/mol. The number of nitrogens with one attached hydrogen (secondary N) is 2. The minimum Gasteiger partial charge on any atom is -0.356 e. The van der Waals surface area contributed by atoms with Crippen molar-refractivity contribution in [3.05, 3.63) is 30.2 Å². The molecule has 3 rings (SSSR count). The van der Waals surface area contributed by atoms with E-state index in [0.717, 1.165) is 36.9 Å². The van der Waals surface area contributed by atoms with Crippen LogP contribution in [-0.4, -0.2) is 64.2 Å². The third kappa shape index (κ3) is 4.52. The number of pyridine rings is 1. The van der Waals surface area contributed by atoms with Gasteiger partial charge in [0.25, 0.3) is 0 Å². The van der Waals surface area contributed by atoms with E-state index in [1.807, 2.05) is 35.8 Å². The van der Waals surface area contributed by atoms with Crippen molar-refractivity contribution in [2.24, 2.45) is 4.99 Å². The van der Waals surface area contributed by atoms with Crippen molar-refractivity contribution < 1.29 is 0 Å². The molecule has 26 heavy (non-hydrogen) atoms. The van der Waals surface area contributed by atoms with E-state index in [0.29, 0.717) is 0 Å². The summed E-state index contributed by atoms with van der Waals surface area (Å²) in [6.45, 7) is 8.64. The second kappa shape index (κ2) is 8.49. The van der Waals surface area contributed by atoms with Crippen LogP contribution >= 0.6 is 0 Å². The highest BCUT2D eigenvalue weighted by Gasteiger charge is 2.27. The molecular formula is C19H31N7. The van der Waals surface area contributed by atoms with Crippen molar-refractivity contribution in [1.82, 2.24) is 30.1 Å². The Balaban J connectivity index is 1.47. The zero-order valence-electron chi connectivity index (χ0n) is 16.2. The van der Waals surface area contributed by atoms with E-state index in [-0.39, 0.29) is 5.54 Å². The second-order valence-electron chi connectivity index (χ2n) is 7.51. The van der Waals surface area contributed by atoms with Gasteiger partial charge in [-0.25, -0.2) is 0 Å². The molecule has 7 nitrogen and oxygen atoms in total. The van der Waals surface area contributed by atoms with Crippen LogP contribution in [0.5, 0.6) is 0 Å². The number of likely N-dealkylation sites (tertiary alicyclic amines) is 1. The lowest BCUT2D eigenvalue weighted by Gasteiger charge is -2.41. The summed E-state index contributed by atoms with van der Waals surface area (Å²) in [5.41, 5.74) is 1.01. The summed E-state index contributed by atoms with van der Waals surface area (Å²) in [6, 6.07) is 5.94. The average molecular weight is 358 g/mol. The Kier molecular flexibility index (Phi) is 6.08. The molecule has 2 N–H and O–H groups in total. The van der Waals surface area contributed by atoms with Crippen molar-refractivity contribution in [2.45, 2.75) is 45.1 Å². The predicted molar refractivity (Wildman–Crippen MR) is 106 cm³/mol. The zero-order valence-corrected chi connectivity index (χ0v) is 16.2. The Morgan fingerprint density at radius 3 is 2.73 bits per heavy atom. The molecule has 0 bridgehead atoms. The molecule has 0 radical (unpaired) electrons. The van der Waals surface area contributed by atoms with Gasteiger partial charge in [-0.2, -0.15) is 0 Å². The second-order valence-corrected chi connectivity index (χ2v) is 7.51. The summed E-state index contributed by atoms with van der Waals surface area (Å²) in [7, 11) is 1.82. The van der Waals surface area contributed by atoms with Crippen LogP contribution in [-0.2, 0) is 6.42 Å². The van der Waals surface area contributed by atoms with Crippen molar-refractivity contribution in [3.63, 3.8) is 0 Å². The SMILES string of the molecule is CN=C(NCCc1nnc2ccccn12)NCC(C)(C)N1CCCCC1. The Bertz CT molecular complexity index is 728. The van der Waals surface area contributed by atoms with E-state index in [4.69, 9.17) is 0 Å². The Hall–Kier alpha value is -2.15. The van der Waals surface area contributed by atoms with Gasteiger partial charge in [0.05, 0.1) is 0 Å². The maximum absolute atomic E-state index is 4.35. The van der Waals surface area contributed by atoms with Crippen molar-refractivity contribution in [2.75, 3.05) is 33.2 Å². The number of piperidine rings is 1. The summed E-state index contributed by atoms with van der Waals surface area (Å²) >= 11 is 0. The standard InChI is InChI=1S/C19H31N7/c1-19(2,25-12-6-4-7-13-25)15-22-18(20-3)21-11-10-17-24-23-16-9-5-8-14-26(16)17/h5,8-9,14H,4,6-7,10-13,15H2,1-3H3,(H2,20,21,22). The number of rotatable bonds is 6. The highest BCUT2D eigenvalue weighted by atomic mass is 15.3. The lowest BCUT2D eigenvalue weighted by atomic mass is 9.98. The van der Waals surface area contributed by atoms with Crippen LogP contribution in [0.1, 0.15) is 38.9 Å². The Morgan fingerprint density at radius 1 is 1.15 bits per heavy atom. The fourth-order valence-corrected chi connectivity index (χ4v) is 3.49. The van der Waals surface area contributed by atoms with Gasteiger partial charge in [-0.05, 0) is 51.9 Å². The highest BCUT2D eigenvalue weighted by molar-refractivity contribution is 5.79. The molecule has 3 heterocycles. The van der Waals surface area contributed by atoms with Crippen LogP contribution in [0.3, 0.4) is 0 Å². The molecule has 7 heteroatoms. The first-order chi connectivity index (χ1) is 12.6. The lowest BCUT2D eigenvalue weighted by Crippen LogP contribution is -2.55. The van der Waals surface area contributed by atoms with E-state index in [9.17, 15) is 0 Å². The summed E-state index contributed by atoms with van der Waals surface area (Å²) in [6.07, 6.45) is 6.77. The minimum atomic E-state index is 0.126. The van der Waals surface area contributed by atoms with Gasteiger partial charge in [0.1, 0.15) is 5.82 Å². The molecule has 0 saturated carbocycles. The molecule has 1 aliphatic rings. The molecule has 0 atom stereocenters. The molecule has 2 aromatic heterocycles. The average Bonchev–Trinajstić information content (AvgIpc) is 3.08. The van der Waals surface area contributed by atoms with Crippen molar-refractivity contribution >= 4 is 11.6 Å². The molecule has 2 aromatic rings. The van der Waals surface area contributed by atoms with E-state index in [1.165, 1.54) is 32.4 Å². The minimum absolute atomic E-state index is 0.126. The number of fused-ring (bicyclic) bond motifs is 1. The molecule has 142 valence electrons. The van der Waals surface area contributed by atoms with Crippen molar-refractivity contribution in [1.29, 1.82) is 0 Å². The first-order valence-corrected chi connectivity index (χ1v) is 9.58. The first kappa shape index (κ1) is 18.6. The van der Waals surface area contributed by atoms with Gasteiger partial charge in [0.15, 0.2) is 11.6 Å². The third-order valence-electron chi connectivity index (χ3n) is 5.15. The molecule has 0 unspecified atom stereocenters. The van der Waals surface area contributed by atoms with Crippen LogP contribution in [0.25, 0.3) is 5.65 Å². The van der Waals surface area contributed by atoms with Gasteiger partial charge in [-0.1, -0.05) is 12.5 Å². The normalized spacial score (nSPS) is 16.8. The molecule has 0 spiro atoms. The zero-order chi connectivity index (χ0) is 18.4. The van der Waals surface area contributed by atoms with Crippen LogP contribution in [0.15, 0.2) is 29.4 Å². The lowest BCUT2D eigenvalue weighted by molar-refractivity contribution is 0.0982. The molecular weight excluding hydrogens is 326 g/mol. The van der Waals surface area contributed by atoms with Crippen LogP contribution < -0.4 is 10.6 Å². The van der Waals surface area contributed by atoms with Gasteiger partial charge in [-0.3, -0.25) is 14.3 Å². The van der Waals surface area contributed by atoms with Gasteiger partial charge in [0.2, 0.25) is 0 Å². The number of hydrogen-bond acceptors (Lipinski definition) is 4. The smallest absolute Gasteiger partial charge is 0.191 e. The number of nitrogens with zero attached hydrogens (tertiary/aromatic N) is 5. The molecule has 1 fully saturated rings. The van der Waals surface area contributed by atoms with Gasteiger partial charge in [-0.15, -0.1) is 10.2 Å². The summed E-state index contributed by atoms with van der Waals surface area (Å²) in [5.74, 6) is 1.79. The van der Waals surface area contributed by atoms with E-state index >= 15 is 0 Å². The molecule has 0 amide bonds.